The first-order valence-electron chi connectivity index (χ1n) is 10.3. The number of hydrogen-bond acceptors (Lipinski definition) is 6. The average molecular weight is 447 g/mol. The summed E-state index contributed by atoms with van der Waals surface area (Å²) in [5.41, 5.74) is 0.876. The highest BCUT2D eigenvalue weighted by Crippen LogP contribution is 2.43. The van der Waals surface area contributed by atoms with Crippen LogP contribution < -0.4 is 19.5 Å². The van der Waals surface area contributed by atoms with Crippen LogP contribution in [-0.2, 0) is 4.79 Å². The van der Waals surface area contributed by atoms with E-state index in [0.29, 0.717) is 47.7 Å². The first kappa shape index (κ1) is 22.9. The maximum atomic E-state index is 13.1. The molecule has 1 fully saturated rings. The van der Waals surface area contributed by atoms with Crippen molar-refractivity contribution in [3.8, 4) is 17.2 Å². The SMILES string of the molecule is COc1cc([C@@H]2CN(C(=O)c3cccs3)C[C@@H]2C(=O)NCC(C)C)cc(OC)c1OC. The first-order chi connectivity index (χ1) is 14.9. The molecule has 31 heavy (non-hydrogen) atoms. The van der Waals surface area contributed by atoms with Gasteiger partial charge >= 0.3 is 0 Å². The van der Waals surface area contributed by atoms with Gasteiger partial charge in [-0.15, -0.1) is 11.3 Å². The van der Waals surface area contributed by atoms with Crippen LogP contribution in [0.4, 0.5) is 0 Å². The fraction of sp³-hybridized carbons (Fsp3) is 0.478. The van der Waals surface area contributed by atoms with E-state index in [1.54, 1.807) is 26.2 Å². The van der Waals surface area contributed by atoms with E-state index in [2.05, 4.69) is 19.2 Å². The number of benzene rings is 1. The van der Waals surface area contributed by atoms with Crippen LogP contribution in [-0.4, -0.2) is 57.7 Å². The summed E-state index contributed by atoms with van der Waals surface area (Å²) in [6.07, 6.45) is 0. The molecule has 1 aliphatic rings. The summed E-state index contributed by atoms with van der Waals surface area (Å²) in [4.78, 5) is 28.5. The highest BCUT2D eigenvalue weighted by atomic mass is 32.1. The van der Waals surface area contributed by atoms with Crippen molar-refractivity contribution in [2.75, 3.05) is 41.0 Å². The smallest absolute Gasteiger partial charge is 0.263 e. The topological polar surface area (TPSA) is 77.1 Å². The lowest BCUT2D eigenvalue weighted by Gasteiger charge is -2.21. The third-order valence-electron chi connectivity index (χ3n) is 5.48. The van der Waals surface area contributed by atoms with E-state index < -0.39 is 0 Å². The van der Waals surface area contributed by atoms with Crippen LogP contribution in [0.3, 0.4) is 0 Å². The van der Waals surface area contributed by atoms with Crippen LogP contribution in [0.25, 0.3) is 0 Å². The van der Waals surface area contributed by atoms with E-state index in [1.807, 2.05) is 29.6 Å². The molecule has 8 heteroatoms. The molecule has 0 unspecified atom stereocenters. The van der Waals surface area contributed by atoms with E-state index in [1.165, 1.54) is 11.3 Å². The zero-order valence-corrected chi connectivity index (χ0v) is 19.5. The summed E-state index contributed by atoms with van der Waals surface area (Å²) in [5, 5.41) is 4.92. The van der Waals surface area contributed by atoms with Gasteiger partial charge in [0.25, 0.3) is 5.91 Å². The number of likely N-dealkylation sites (tertiary alicyclic amines) is 1. The van der Waals surface area contributed by atoms with E-state index in [4.69, 9.17) is 14.2 Å². The highest BCUT2D eigenvalue weighted by molar-refractivity contribution is 7.12. The van der Waals surface area contributed by atoms with Crippen LogP contribution >= 0.6 is 11.3 Å². The number of thiophene rings is 1. The van der Waals surface area contributed by atoms with Crippen molar-refractivity contribution in [2.24, 2.45) is 11.8 Å². The molecule has 0 saturated carbocycles. The maximum Gasteiger partial charge on any atom is 0.263 e. The molecular weight excluding hydrogens is 416 g/mol. The zero-order valence-electron chi connectivity index (χ0n) is 18.6. The molecule has 1 N–H and O–H groups in total. The third kappa shape index (κ3) is 4.95. The van der Waals surface area contributed by atoms with Gasteiger partial charge in [-0.1, -0.05) is 19.9 Å². The Morgan fingerprint density at radius 1 is 1.13 bits per heavy atom. The molecule has 2 amide bonds. The number of nitrogens with one attached hydrogen (secondary N) is 1. The predicted octanol–water partition coefficient (Wildman–Crippen LogP) is 3.40. The van der Waals surface area contributed by atoms with Crippen LogP contribution in [0.15, 0.2) is 29.6 Å². The van der Waals surface area contributed by atoms with Crippen molar-refractivity contribution in [2.45, 2.75) is 19.8 Å². The predicted molar refractivity (Wildman–Crippen MR) is 120 cm³/mol. The largest absolute Gasteiger partial charge is 0.493 e. The summed E-state index contributed by atoms with van der Waals surface area (Å²) in [7, 11) is 4.68. The van der Waals surface area contributed by atoms with Gasteiger partial charge in [0.05, 0.1) is 32.1 Å². The molecule has 1 aromatic carbocycles. The van der Waals surface area contributed by atoms with E-state index in [9.17, 15) is 9.59 Å². The maximum absolute atomic E-state index is 13.1. The minimum atomic E-state index is -0.370. The Morgan fingerprint density at radius 3 is 2.32 bits per heavy atom. The van der Waals surface area contributed by atoms with Crippen molar-refractivity contribution < 1.29 is 23.8 Å². The number of rotatable bonds is 8. The number of methoxy groups -OCH3 is 3. The van der Waals surface area contributed by atoms with Gasteiger partial charge in [0.1, 0.15) is 0 Å². The van der Waals surface area contributed by atoms with Crippen LogP contribution in [0, 0.1) is 11.8 Å². The second kappa shape index (κ2) is 10.0. The minimum absolute atomic E-state index is 0.0473. The Labute approximate surface area is 187 Å². The van der Waals surface area contributed by atoms with Gasteiger partial charge in [-0.25, -0.2) is 0 Å². The second-order valence-corrected chi connectivity index (χ2v) is 8.95. The Kier molecular flexibility index (Phi) is 7.43. The molecule has 2 heterocycles. The molecule has 3 rings (SSSR count). The van der Waals surface area contributed by atoms with E-state index >= 15 is 0 Å². The van der Waals surface area contributed by atoms with Crippen molar-refractivity contribution in [3.63, 3.8) is 0 Å². The lowest BCUT2D eigenvalue weighted by molar-refractivity contribution is -0.125. The normalized spacial score (nSPS) is 18.2. The van der Waals surface area contributed by atoms with Gasteiger partial charge in [-0.05, 0) is 35.1 Å². The summed E-state index contributed by atoms with van der Waals surface area (Å²) in [6.45, 7) is 5.50. The lowest BCUT2D eigenvalue weighted by atomic mass is 9.87. The number of nitrogens with zero attached hydrogens (tertiary/aromatic N) is 1. The highest BCUT2D eigenvalue weighted by Gasteiger charge is 2.41. The van der Waals surface area contributed by atoms with Gasteiger partial charge in [0.15, 0.2) is 11.5 Å². The molecule has 7 nitrogen and oxygen atoms in total. The molecule has 1 saturated heterocycles. The quantitative estimate of drug-likeness (QED) is 0.673. The van der Waals surface area contributed by atoms with Crippen LogP contribution in [0.5, 0.6) is 17.2 Å². The number of ether oxygens (including phenoxy) is 3. The third-order valence-corrected chi connectivity index (χ3v) is 6.33. The van der Waals surface area contributed by atoms with Crippen molar-refractivity contribution in [3.05, 3.63) is 40.1 Å². The Balaban J connectivity index is 1.96. The Bertz CT molecular complexity index is 888. The molecule has 0 spiro atoms. The summed E-state index contributed by atoms with van der Waals surface area (Å²) in [5.74, 6) is 1.24. The zero-order chi connectivity index (χ0) is 22.5. The van der Waals surface area contributed by atoms with E-state index in [-0.39, 0.29) is 23.7 Å². The standard InChI is InChI=1S/C23H30N2O5S/c1-14(2)11-24-22(26)17-13-25(23(27)20-7-6-8-31-20)12-16(17)15-9-18(28-3)21(30-5)19(10-15)29-4/h6-10,14,16-17H,11-13H2,1-5H3,(H,24,26)/t16-,17-/m0/s1. The average Bonchev–Trinajstić information content (AvgIpc) is 3.46. The number of amides is 2. The van der Waals surface area contributed by atoms with Crippen LogP contribution in [0.2, 0.25) is 0 Å². The number of carbonyl (C=O) groups is 2. The lowest BCUT2D eigenvalue weighted by Crippen LogP contribution is -2.37. The monoisotopic (exact) mass is 446 g/mol. The van der Waals surface area contributed by atoms with Crippen molar-refractivity contribution in [1.82, 2.24) is 10.2 Å². The molecule has 0 radical (unpaired) electrons. The molecule has 1 aromatic heterocycles. The fourth-order valence-corrected chi connectivity index (χ4v) is 4.57. The van der Waals surface area contributed by atoms with Gasteiger partial charge < -0.3 is 24.4 Å². The molecule has 1 aliphatic heterocycles. The minimum Gasteiger partial charge on any atom is -0.493 e. The van der Waals surface area contributed by atoms with Gasteiger partial charge in [0.2, 0.25) is 11.7 Å². The van der Waals surface area contributed by atoms with E-state index in [0.717, 1.165) is 5.56 Å². The molecule has 2 aromatic rings. The fourth-order valence-electron chi connectivity index (χ4n) is 3.88. The van der Waals surface area contributed by atoms with Crippen molar-refractivity contribution >= 4 is 23.2 Å². The second-order valence-electron chi connectivity index (χ2n) is 8.00. The molecule has 168 valence electrons. The number of carbonyl (C=O) groups excluding carboxylic acids is 2. The van der Waals surface area contributed by atoms with Gasteiger partial charge in [-0.3, -0.25) is 9.59 Å². The molecule has 0 aliphatic carbocycles. The Hall–Kier alpha value is -2.74. The molecule has 0 bridgehead atoms. The summed E-state index contributed by atoms with van der Waals surface area (Å²) in [6, 6.07) is 7.41. The first-order valence-corrected chi connectivity index (χ1v) is 11.2. The summed E-state index contributed by atoms with van der Waals surface area (Å²) < 4.78 is 16.4. The number of hydrogen-bond donors (Lipinski definition) is 1. The summed E-state index contributed by atoms with van der Waals surface area (Å²) >= 11 is 1.41. The molecule has 2 atom stereocenters. The molecular formula is C23H30N2O5S. The van der Waals surface area contributed by atoms with Gasteiger partial charge in [-0.2, -0.15) is 0 Å². The van der Waals surface area contributed by atoms with Crippen LogP contribution in [0.1, 0.15) is 35.0 Å². The van der Waals surface area contributed by atoms with Crippen molar-refractivity contribution in [1.29, 1.82) is 0 Å². The van der Waals surface area contributed by atoms with Gasteiger partial charge in [0, 0.05) is 25.6 Å². The Morgan fingerprint density at radius 2 is 1.81 bits per heavy atom.